The van der Waals surface area contributed by atoms with Gasteiger partial charge in [0.1, 0.15) is 18.0 Å². The first kappa shape index (κ1) is 29.4. The summed E-state index contributed by atoms with van der Waals surface area (Å²) >= 11 is 0. The quantitative estimate of drug-likeness (QED) is 0.339. The summed E-state index contributed by atoms with van der Waals surface area (Å²) in [6.45, 7) is 1.68. The average molecular weight is 619 g/mol. The van der Waals surface area contributed by atoms with Gasteiger partial charge in [-0.3, -0.25) is 19.4 Å². The maximum atomic E-state index is 14.2. The first-order valence-electron chi connectivity index (χ1n) is 15.4. The minimum absolute atomic E-state index is 0.0183. The summed E-state index contributed by atoms with van der Waals surface area (Å²) in [5, 5.41) is 16.1. The highest BCUT2D eigenvalue weighted by molar-refractivity contribution is 6.25. The zero-order chi connectivity index (χ0) is 31.9. The predicted molar refractivity (Wildman–Crippen MR) is 171 cm³/mol. The van der Waals surface area contributed by atoms with E-state index in [2.05, 4.69) is 16.4 Å². The molecule has 3 amide bonds. The predicted octanol–water partition coefficient (Wildman–Crippen LogP) is 5.13. The Kier molecular flexibility index (Phi) is 7.59. The first-order valence-corrected chi connectivity index (χ1v) is 15.4. The van der Waals surface area contributed by atoms with Crippen molar-refractivity contribution in [2.45, 2.75) is 44.3 Å². The molecule has 0 radical (unpaired) electrons. The van der Waals surface area contributed by atoms with E-state index in [0.29, 0.717) is 5.69 Å². The summed E-state index contributed by atoms with van der Waals surface area (Å²) in [6.07, 6.45) is 4.79. The number of aryl methyl sites for hydroxylation is 1. The largest absolute Gasteiger partial charge is 0.497 e. The highest BCUT2D eigenvalue weighted by atomic mass is 16.5. The van der Waals surface area contributed by atoms with Crippen molar-refractivity contribution < 1.29 is 23.9 Å². The van der Waals surface area contributed by atoms with Crippen LogP contribution in [0.3, 0.4) is 0 Å². The van der Waals surface area contributed by atoms with Gasteiger partial charge in [0.15, 0.2) is 12.1 Å². The summed E-state index contributed by atoms with van der Waals surface area (Å²) in [5.74, 6) is 0.249. The molecule has 1 saturated heterocycles. The molecule has 1 aliphatic carbocycles. The van der Waals surface area contributed by atoms with Gasteiger partial charge >= 0.3 is 0 Å². The molecule has 2 fully saturated rings. The molecule has 0 aromatic heterocycles. The number of benzene rings is 3. The zero-order valence-corrected chi connectivity index (χ0v) is 25.9. The summed E-state index contributed by atoms with van der Waals surface area (Å²) < 4.78 is 10.7. The standard InChI is InChI=1S/C35H34N6O5/c1-21-7-13-25(14-8-21)40-34(43)31-33(35(40)44)39(38-36-31)20-29(42)41-32(23-11-17-27(46-3)18-12-23)28-6-4-5-24(30(28)37-41)19-22-9-15-26(45-2)16-10-22/h7-19,28,31-33H,4-6,20H2,1-3H3/b24-19+/t28-,31+,32+,33-/m1/s1. The minimum atomic E-state index is -0.995. The third kappa shape index (κ3) is 5.11. The molecule has 0 spiro atoms. The van der Waals surface area contributed by atoms with Crippen LogP contribution >= 0.6 is 0 Å². The van der Waals surface area contributed by atoms with Crippen molar-refractivity contribution in [3.63, 3.8) is 0 Å². The lowest BCUT2D eigenvalue weighted by Crippen LogP contribution is -2.45. The number of hydrazone groups is 1. The van der Waals surface area contributed by atoms with E-state index in [4.69, 9.17) is 14.6 Å². The van der Waals surface area contributed by atoms with Crippen LogP contribution in [0.15, 0.2) is 93.8 Å². The number of ether oxygens (including phenoxy) is 2. The molecule has 3 aromatic carbocycles. The van der Waals surface area contributed by atoms with E-state index in [1.807, 2.05) is 67.6 Å². The van der Waals surface area contributed by atoms with Gasteiger partial charge in [-0.2, -0.15) is 10.2 Å². The Morgan fingerprint density at radius 3 is 2.24 bits per heavy atom. The fourth-order valence-corrected chi connectivity index (χ4v) is 6.76. The lowest BCUT2D eigenvalue weighted by molar-refractivity contribution is -0.136. The van der Waals surface area contributed by atoms with Gasteiger partial charge in [-0.25, -0.2) is 9.91 Å². The van der Waals surface area contributed by atoms with Crippen LogP contribution in [0.4, 0.5) is 5.69 Å². The van der Waals surface area contributed by atoms with Crippen LogP contribution in [-0.2, 0) is 14.4 Å². The molecule has 11 heteroatoms. The molecule has 3 aliphatic heterocycles. The molecule has 3 aromatic rings. The van der Waals surface area contributed by atoms with E-state index < -0.39 is 23.9 Å². The van der Waals surface area contributed by atoms with Gasteiger partial charge in [0.2, 0.25) is 0 Å². The van der Waals surface area contributed by atoms with Gasteiger partial charge in [0.25, 0.3) is 17.7 Å². The monoisotopic (exact) mass is 618 g/mol. The van der Waals surface area contributed by atoms with Crippen LogP contribution in [-0.4, -0.2) is 66.3 Å². The van der Waals surface area contributed by atoms with E-state index in [1.165, 1.54) is 10.0 Å². The van der Waals surface area contributed by atoms with Gasteiger partial charge in [-0.15, -0.1) is 0 Å². The normalized spacial score (nSPS) is 24.4. The lowest BCUT2D eigenvalue weighted by Gasteiger charge is -2.30. The van der Waals surface area contributed by atoms with Crippen LogP contribution in [0.25, 0.3) is 6.08 Å². The smallest absolute Gasteiger partial charge is 0.264 e. The van der Waals surface area contributed by atoms with Gasteiger partial charge in [-0.05, 0) is 85.4 Å². The van der Waals surface area contributed by atoms with Crippen molar-refractivity contribution in [1.82, 2.24) is 10.0 Å². The third-order valence-electron chi connectivity index (χ3n) is 9.12. The van der Waals surface area contributed by atoms with Crippen molar-refractivity contribution in [3.8, 4) is 11.5 Å². The number of fused-ring (bicyclic) bond motifs is 2. The summed E-state index contributed by atoms with van der Waals surface area (Å²) in [4.78, 5) is 42.1. The molecule has 7 rings (SSSR count). The molecule has 4 atom stereocenters. The molecule has 11 nitrogen and oxygen atoms in total. The number of rotatable bonds is 7. The average Bonchev–Trinajstić information content (AvgIpc) is 3.75. The number of imide groups is 1. The second-order valence-electron chi connectivity index (χ2n) is 11.9. The van der Waals surface area contributed by atoms with E-state index in [9.17, 15) is 14.4 Å². The molecule has 3 heterocycles. The van der Waals surface area contributed by atoms with Crippen LogP contribution in [0.5, 0.6) is 11.5 Å². The number of carbonyl (C=O) groups is 3. The lowest BCUT2D eigenvalue weighted by atomic mass is 9.77. The molecule has 46 heavy (non-hydrogen) atoms. The number of nitrogens with zero attached hydrogens (tertiary/aromatic N) is 6. The first-order chi connectivity index (χ1) is 22.4. The molecule has 0 unspecified atom stereocenters. The van der Waals surface area contributed by atoms with E-state index >= 15 is 0 Å². The Morgan fingerprint density at radius 1 is 0.891 bits per heavy atom. The van der Waals surface area contributed by atoms with Gasteiger partial charge in [-0.1, -0.05) is 47.2 Å². The van der Waals surface area contributed by atoms with E-state index in [0.717, 1.165) is 63.6 Å². The van der Waals surface area contributed by atoms with E-state index in [1.54, 1.807) is 26.4 Å². The SMILES string of the molecule is COc1ccc(/C=C2\CCC[C@@H]3C2=NN(C(=O)CN2N=N[C@@H]4C(=O)N(c5ccc(C)cc5)C(=O)[C@@H]42)[C@H]3c2ccc(OC)cc2)cc1. The summed E-state index contributed by atoms with van der Waals surface area (Å²) in [7, 11) is 3.26. The number of methoxy groups -OCH3 is 2. The molecule has 0 N–H and O–H groups in total. The molecule has 234 valence electrons. The number of amides is 3. The number of allylic oxidation sites excluding steroid dienone is 1. The second-order valence-corrected chi connectivity index (χ2v) is 11.9. The Hall–Kier alpha value is -5.32. The molecular formula is C35H34N6O5. The third-order valence-corrected chi connectivity index (χ3v) is 9.12. The van der Waals surface area contributed by atoms with Crippen molar-refractivity contribution >= 4 is 35.2 Å². The highest BCUT2D eigenvalue weighted by Gasteiger charge is 2.55. The fraction of sp³-hybridized carbons (Fsp3) is 0.314. The van der Waals surface area contributed by atoms with Crippen molar-refractivity contribution in [2.24, 2.45) is 21.4 Å². The highest BCUT2D eigenvalue weighted by Crippen LogP contribution is 2.45. The minimum Gasteiger partial charge on any atom is -0.497 e. The Labute approximate surface area is 266 Å². The Morgan fingerprint density at radius 2 is 1.57 bits per heavy atom. The fourth-order valence-electron chi connectivity index (χ4n) is 6.76. The number of hydrogen-bond donors (Lipinski definition) is 0. The van der Waals surface area contributed by atoms with E-state index in [-0.39, 0.29) is 24.4 Å². The van der Waals surface area contributed by atoms with Crippen molar-refractivity contribution in [1.29, 1.82) is 0 Å². The van der Waals surface area contributed by atoms with Gasteiger partial charge < -0.3 is 9.47 Å². The topological polar surface area (TPSA) is 116 Å². The molecule has 4 aliphatic rings. The second kappa shape index (κ2) is 11.9. The van der Waals surface area contributed by atoms with Crippen molar-refractivity contribution in [3.05, 3.63) is 95.1 Å². The van der Waals surface area contributed by atoms with Crippen LogP contribution in [0, 0.1) is 12.8 Å². The maximum absolute atomic E-state index is 14.2. The molecule has 1 saturated carbocycles. The zero-order valence-electron chi connectivity index (χ0n) is 25.9. The Bertz CT molecular complexity index is 1770. The summed E-state index contributed by atoms with van der Waals surface area (Å²) in [6, 6.07) is 20.4. The molecular weight excluding hydrogens is 584 g/mol. The van der Waals surface area contributed by atoms with Crippen molar-refractivity contribution in [2.75, 3.05) is 25.7 Å². The van der Waals surface area contributed by atoms with Crippen LogP contribution in [0.2, 0.25) is 0 Å². The van der Waals surface area contributed by atoms with Gasteiger partial charge in [0, 0.05) is 5.92 Å². The number of anilines is 1. The maximum Gasteiger partial charge on any atom is 0.264 e. The Balaban J connectivity index is 1.18. The van der Waals surface area contributed by atoms with Gasteiger partial charge in [0.05, 0.1) is 31.7 Å². The number of hydrogen-bond acceptors (Lipinski definition) is 9. The molecule has 0 bridgehead atoms. The van der Waals surface area contributed by atoms with Crippen LogP contribution < -0.4 is 14.4 Å². The van der Waals surface area contributed by atoms with Crippen LogP contribution in [0.1, 0.15) is 42.0 Å². The number of carbonyl (C=O) groups excluding carboxylic acids is 3. The summed E-state index contributed by atoms with van der Waals surface area (Å²) in [5.41, 5.74) is 5.41.